The van der Waals surface area contributed by atoms with E-state index >= 15 is 0 Å². The van der Waals surface area contributed by atoms with E-state index in [1.165, 1.54) is 0 Å². The van der Waals surface area contributed by atoms with E-state index in [2.05, 4.69) is 23.7 Å². The first-order chi connectivity index (χ1) is 11.6. The van der Waals surface area contributed by atoms with Crippen LogP contribution in [0.15, 0.2) is 24.5 Å². The highest BCUT2D eigenvalue weighted by atomic mass is 16.2. The maximum absolute atomic E-state index is 12.7. The fourth-order valence-electron chi connectivity index (χ4n) is 3.64. The van der Waals surface area contributed by atoms with Gasteiger partial charge in [-0.25, -0.2) is 0 Å². The van der Waals surface area contributed by atoms with Crippen molar-refractivity contribution in [2.45, 2.75) is 38.8 Å². The van der Waals surface area contributed by atoms with Crippen molar-refractivity contribution >= 4 is 11.8 Å². The molecule has 24 heavy (non-hydrogen) atoms. The van der Waals surface area contributed by atoms with Gasteiger partial charge >= 0.3 is 0 Å². The van der Waals surface area contributed by atoms with Gasteiger partial charge < -0.3 is 9.80 Å². The largest absolute Gasteiger partial charge is 0.339 e. The Morgan fingerprint density at radius 3 is 2.58 bits per heavy atom. The fourth-order valence-corrected chi connectivity index (χ4v) is 3.64. The van der Waals surface area contributed by atoms with Gasteiger partial charge in [0.2, 0.25) is 5.91 Å². The molecule has 0 unspecified atom stereocenters. The Labute approximate surface area is 143 Å². The summed E-state index contributed by atoms with van der Waals surface area (Å²) < 4.78 is 0. The van der Waals surface area contributed by atoms with Crippen molar-refractivity contribution in [3.63, 3.8) is 0 Å². The summed E-state index contributed by atoms with van der Waals surface area (Å²) in [5.41, 5.74) is 0.630. The van der Waals surface area contributed by atoms with E-state index in [9.17, 15) is 9.59 Å². The number of pyridine rings is 1. The minimum Gasteiger partial charge on any atom is -0.339 e. The van der Waals surface area contributed by atoms with E-state index in [1.54, 1.807) is 24.5 Å². The molecule has 0 aromatic carbocycles. The van der Waals surface area contributed by atoms with Gasteiger partial charge in [-0.15, -0.1) is 0 Å². The van der Waals surface area contributed by atoms with Gasteiger partial charge in [0.15, 0.2) is 0 Å². The molecule has 6 heteroatoms. The van der Waals surface area contributed by atoms with Crippen LogP contribution in [-0.2, 0) is 4.79 Å². The monoisotopic (exact) mass is 330 g/mol. The maximum Gasteiger partial charge on any atom is 0.255 e. The summed E-state index contributed by atoms with van der Waals surface area (Å²) in [4.78, 5) is 35.3. The first-order valence-electron chi connectivity index (χ1n) is 8.82. The normalized spacial score (nSPS) is 23.0. The Bertz CT molecular complexity index is 582. The molecule has 2 aliphatic rings. The lowest BCUT2D eigenvalue weighted by molar-refractivity contribution is -0.142. The number of likely N-dealkylation sites (tertiary alicyclic amines) is 1. The molecule has 0 saturated carbocycles. The summed E-state index contributed by atoms with van der Waals surface area (Å²) in [6.07, 6.45) is 5.27. The Kier molecular flexibility index (Phi) is 5.14. The molecule has 0 spiro atoms. The molecule has 1 aromatic rings. The number of aromatic nitrogens is 1. The number of carbonyl (C=O) groups excluding carboxylic acids is 2. The van der Waals surface area contributed by atoms with E-state index < -0.39 is 0 Å². The zero-order valence-corrected chi connectivity index (χ0v) is 14.5. The molecule has 1 atom stereocenters. The fraction of sp³-hybridized carbons (Fsp3) is 0.611. The van der Waals surface area contributed by atoms with E-state index in [1.807, 2.05) is 9.80 Å². The van der Waals surface area contributed by atoms with E-state index in [0.717, 1.165) is 32.5 Å². The molecular weight excluding hydrogens is 304 g/mol. The highest BCUT2D eigenvalue weighted by Gasteiger charge is 2.36. The van der Waals surface area contributed by atoms with Gasteiger partial charge in [-0.1, -0.05) is 0 Å². The van der Waals surface area contributed by atoms with Gasteiger partial charge in [0.25, 0.3) is 5.91 Å². The van der Waals surface area contributed by atoms with Crippen molar-refractivity contribution in [3.05, 3.63) is 30.1 Å². The van der Waals surface area contributed by atoms with Crippen LogP contribution >= 0.6 is 0 Å². The minimum atomic E-state index is -0.0169. The molecule has 6 nitrogen and oxygen atoms in total. The molecule has 2 aliphatic heterocycles. The Balaban J connectivity index is 1.59. The standard InChI is InChI=1S/C18H26N4O2/c1-14(2)22-8-4-6-16(18(22)24)20-9-11-21(12-10-20)17(23)15-5-3-7-19-13-15/h3,5,7,13-14,16H,4,6,8-12H2,1-2H3/t16-/m1/s1. The molecule has 0 N–H and O–H groups in total. The second-order valence-electron chi connectivity index (χ2n) is 6.85. The van der Waals surface area contributed by atoms with Gasteiger partial charge in [-0.05, 0) is 38.8 Å². The average Bonchev–Trinajstić information content (AvgIpc) is 2.62. The van der Waals surface area contributed by atoms with Crippen LogP contribution in [0.4, 0.5) is 0 Å². The van der Waals surface area contributed by atoms with Crippen molar-refractivity contribution < 1.29 is 9.59 Å². The van der Waals surface area contributed by atoms with Crippen molar-refractivity contribution in [3.8, 4) is 0 Å². The quantitative estimate of drug-likeness (QED) is 0.837. The van der Waals surface area contributed by atoms with Gasteiger partial charge in [0.1, 0.15) is 0 Å². The summed E-state index contributed by atoms with van der Waals surface area (Å²) in [6, 6.07) is 3.82. The zero-order chi connectivity index (χ0) is 17.1. The lowest BCUT2D eigenvalue weighted by atomic mass is 10.0. The van der Waals surface area contributed by atoms with Crippen molar-refractivity contribution in [2.24, 2.45) is 0 Å². The lowest BCUT2D eigenvalue weighted by Gasteiger charge is -2.43. The Morgan fingerprint density at radius 1 is 1.21 bits per heavy atom. The van der Waals surface area contributed by atoms with Crippen LogP contribution in [0.3, 0.4) is 0 Å². The molecule has 0 aliphatic carbocycles. The number of carbonyl (C=O) groups is 2. The maximum atomic E-state index is 12.7. The van der Waals surface area contributed by atoms with Crippen LogP contribution in [0.1, 0.15) is 37.0 Å². The lowest BCUT2D eigenvalue weighted by Crippen LogP contribution is -2.59. The molecule has 0 bridgehead atoms. The first kappa shape index (κ1) is 16.9. The number of piperazine rings is 1. The second-order valence-corrected chi connectivity index (χ2v) is 6.85. The summed E-state index contributed by atoms with van der Waals surface area (Å²) in [5, 5.41) is 0. The molecule has 2 saturated heterocycles. The van der Waals surface area contributed by atoms with E-state index in [4.69, 9.17) is 0 Å². The highest BCUT2D eigenvalue weighted by molar-refractivity contribution is 5.94. The minimum absolute atomic E-state index is 0.0169. The first-order valence-corrected chi connectivity index (χ1v) is 8.82. The highest BCUT2D eigenvalue weighted by Crippen LogP contribution is 2.21. The van der Waals surface area contributed by atoms with Crippen LogP contribution in [0.25, 0.3) is 0 Å². The topological polar surface area (TPSA) is 56.8 Å². The Morgan fingerprint density at radius 2 is 1.96 bits per heavy atom. The Hall–Kier alpha value is -1.95. The third-order valence-electron chi connectivity index (χ3n) is 5.02. The molecule has 130 valence electrons. The van der Waals surface area contributed by atoms with Crippen LogP contribution in [0, 0.1) is 0 Å². The smallest absolute Gasteiger partial charge is 0.255 e. The molecular formula is C18H26N4O2. The zero-order valence-electron chi connectivity index (χ0n) is 14.5. The van der Waals surface area contributed by atoms with Crippen LogP contribution < -0.4 is 0 Å². The summed E-state index contributed by atoms with van der Waals surface area (Å²) >= 11 is 0. The number of piperidine rings is 1. The van der Waals surface area contributed by atoms with E-state index in [0.29, 0.717) is 18.7 Å². The van der Waals surface area contributed by atoms with Crippen LogP contribution in [0.2, 0.25) is 0 Å². The number of hydrogen-bond acceptors (Lipinski definition) is 4. The molecule has 0 radical (unpaired) electrons. The average molecular weight is 330 g/mol. The molecule has 2 amide bonds. The van der Waals surface area contributed by atoms with Gasteiger partial charge in [-0.2, -0.15) is 0 Å². The summed E-state index contributed by atoms with van der Waals surface area (Å²) in [6.45, 7) is 7.86. The molecule has 3 heterocycles. The van der Waals surface area contributed by atoms with Crippen LogP contribution in [0.5, 0.6) is 0 Å². The van der Waals surface area contributed by atoms with Gasteiger partial charge in [0.05, 0.1) is 11.6 Å². The van der Waals surface area contributed by atoms with Crippen molar-refractivity contribution in [1.29, 1.82) is 0 Å². The molecule has 2 fully saturated rings. The number of hydrogen-bond donors (Lipinski definition) is 0. The third kappa shape index (κ3) is 3.43. The summed E-state index contributed by atoms with van der Waals surface area (Å²) in [7, 11) is 0. The number of nitrogens with zero attached hydrogens (tertiary/aromatic N) is 4. The molecule has 3 rings (SSSR count). The van der Waals surface area contributed by atoms with Crippen molar-refractivity contribution in [1.82, 2.24) is 19.7 Å². The predicted octanol–water partition coefficient (Wildman–Crippen LogP) is 1.24. The second kappa shape index (κ2) is 7.30. The van der Waals surface area contributed by atoms with Gasteiger partial charge in [-0.3, -0.25) is 19.5 Å². The third-order valence-corrected chi connectivity index (χ3v) is 5.02. The summed E-state index contributed by atoms with van der Waals surface area (Å²) in [5.74, 6) is 0.282. The van der Waals surface area contributed by atoms with Crippen LogP contribution in [-0.4, -0.2) is 76.3 Å². The van der Waals surface area contributed by atoms with Gasteiger partial charge in [0, 0.05) is 51.2 Å². The molecule has 1 aromatic heterocycles. The number of rotatable bonds is 3. The van der Waals surface area contributed by atoms with E-state index in [-0.39, 0.29) is 23.9 Å². The number of amides is 2. The SMILES string of the molecule is CC(C)N1CCC[C@@H](N2CCN(C(=O)c3cccnc3)CC2)C1=O. The van der Waals surface area contributed by atoms with Crippen molar-refractivity contribution in [2.75, 3.05) is 32.7 Å². The predicted molar refractivity (Wildman–Crippen MR) is 91.6 cm³/mol.